The normalized spacial score (nSPS) is 10.9. The molecular weight excluding hydrogens is 336 g/mol. The van der Waals surface area contributed by atoms with Crippen molar-refractivity contribution >= 4 is 46.4 Å². The van der Waals surface area contributed by atoms with Gasteiger partial charge in [0.2, 0.25) is 0 Å². The van der Waals surface area contributed by atoms with Crippen LogP contribution in [0.5, 0.6) is 0 Å². The topological polar surface area (TPSA) is 12.0 Å². The summed E-state index contributed by atoms with van der Waals surface area (Å²) in [7, 11) is 1.91. The molecule has 106 valence electrons. The van der Waals surface area contributed by atoms with Crippen molar-refractivity contribution in [3.05, 3.63) is 55.5 Å². The maximum atomic E-state index is 6.30. The Morgan fingerprint density at radius 2 is 1.65 bits per heavy atom. The van der Waals surface area contributed by atoms with Crippen LogP contribution in [-0.4, -0.2) is 7.05 Å². The van der Waals surface area contributed by atoms with Crippen LogP contribution in [0.3, 0.4) is 0 Å². The van der Waals surface area contributed by atoms with Gasteiger partial charge in [0.25, 0.3) is 0 Å². The summed E-state index contributed by atoms with van der Waals surface area (Å²) >= 11 is 24.7. The first-order valence-electron chi connectivity index (χ1n) is 6.03. The van der Waals surface area contributed by atoms with Gasteiger partial charge in [-0.15, -0.1) is 0 Å². The molecule has 2 aromatic carbocycles. The molecule has 5 heteroatoms. The molecule has 0 amide bonds. The van der Waals surface area contributed by atoms with Crippen LogP contribution < -0.4 is 5.32 Å². The van der Waals surface area contributed by atoms with E-state index < -0.39 is 0 Å². The summed E-state index contributed by atoms with van der Waals surface area (Å²) in [5.74, 6) is 0. The quantitative estimate of drug-likeness (QED) is 0.530. The Kier molecular flexibility index (Phi) is 5.22. The lowest BCUT2D eigenvalue weighted by molar-refractivity contribution is 0.817. The van der Waals surface area contributed by atoms with Crippen molar-refractivity contribution in [1.29, 1.82) is 0 Å². The number of benzene rings is 2. The minimum atomic E-state index is 0.325. The van der Waals surface area contributed by atoms with E-state index in [0.717, 1.165) is 23.2 Å². The van der Waals surface area contributed by atoms with Crippen molar-refractivity contribution in [2.45, 2.75) is 13.5 Å². The second-order valence-corrected chi connectivity index (χ2v) is 6.09. The molecule has 2 aromatic rings. The summed E-state index contributed by atoms with van der Waals surface area (Å²) in [4.78, 5) is 0. The summed E-state index contributed by atoms with van der Waals surface area (Å²) in [6, 6.07) is 7.75. The van der Waals surface area contributed by atoms with Crippen LogP contribution in [0.15, 0.2) is 24.3 Å². The third kappa shape index (κ3) is 3.08. The molecule has 0 aliphatic heterocycles. The number of hydrogen-bond acceptors (Lipinski definition) is 1. The third-order valence-electron chi connectivity index (χ3n) is 3.06. The highest BCUT2D eigenvalue weighted by Gasteiger charge is 2.16. The van der Waals surface area contributed by atoms with Crippen molar-refractivity contribution < 1.29 is 0 Å². The van der Waals surface area contributed by atoms with Crippen LogP contribution in [0.1, 0.15) is 11.1 Å². The zero-order valence-electron chi connectivity index (χ0n) is 11.0. The molecule has 0 spiro atoms. The minimum Gasteiger partial charge on any atom is -0.316 e. The largest absolute Gasteiger partial charge is 0.316 e. The predicted molar refractivity (Wildman–Crippen MR) is 89.4 cm³/mol. The summed E-state index contributed by atoms with van der Waals surface area (Å²) in [6.07, 6.45) is 0. The molecule has 0 aromatic heterocycles. The number of rotatable bonds is 3. The van der Waals surface area contributed by atoms with Crippen molar-refractivity contribution in [3.63, 3.8) is 0 Å². The molecule has 1 N–H and O–H groups in total. The fraction of sp³-hybridized carbons (Fsp3) is 0.200. The molecule has 0 atom stereocenters. The van der Waals surface area contributed by atoms with Crippen molar-refractivity contribution in [2.24, 2.45) is 0 Å². The number of aryl methyl sites for hydroxylation is 1. The lowest BCUT2D eigenvalue weighted by Crippen LogP contribution is -2.05. The summed E-state index contributed by atoms with van der Waals surface area (Å²) in [6.45, 7) is 2.83. The van der Waals surface area contributed by atoms with Crippen molar-refractivity contribution in [3.8, 4) is 11.1 Å². The van der Waals surface area contributed by atoms with E-state index in [0.29, 0.717) is 20.1 Å². The van der Waals surface area contributed by atoms with Gasteiger partial charge in [0.1, 0.15) is 0 Å². The highest BCUT2D eigenvalue weighted by atomic mass is 35.5. The van der Waals surface area contributed by atoms with E-state index in [9.17, 15) is 0 Å². The first kappa shape index (κ1) is 15.9. The summed E-state index contributed by atoms with van der Waals surface area (Å²) in [5, 5.41) is 4.68. The first-order valence-corrected chi connectivity index (χ1v) is 7.54. The van der Waals surface area contributed by atoms with Crippen LogP contribution in [0.25, 0.3) is 11.1 Å². The number of nitrogens with one attached hydrogen (secondary N) is 1. The minimum absolute atomic E-state index is 0.325. The van der Waals surface area contributed by atoms with Crippen molar-refractivity contribution in [2.75, 3.05) is 7.05 Å². The zero-order valence-corrected chi connectivity index (χ0v) is 14.1. The highest BCUT2D eigenvalue weighted by Crippen LogP contribution is 2.43. The number of halogens is 4. The standard InChI is InChI=1S/C15H13Cl4N/c1-8-5-9(7-20-2)3-4-10(8)13-11(16)6-12(17)14(18)15(13)19/h3-6,20H,7H2,1-2H3. The molecule has 0 saturated heterocycles. The molecule has 0 aliphatic rings. The first-order chi connectivity index (χ1) is 9.45. The van der Waals surface area contributed by atoms with Gasteiger partial charge in [-0.1, -0.05) is 64.6 Å². The highest BCUT2D eigenvalue weighted by molar-refractivity contribution is 6.51. The second kappa shape index (κ2) is 6.55. The van der Waals surface area contributed by atoms with Crippen LogP contribution in [0.4, 0.5) is 0 Å². The molecule has 0 heterocycles. The number of hydrogen-bond donors (Lipinski definition) is 1. The Balaban J connectivity index is 2.60. The third-order valence-corrected chi connectivity index (χ3v) is 4.62. The van der Waals surface area contributed by atoms with Gasteiger partial charge in [0, 0.05) is 12.1 Å². The van der Waals surface area contributed by atoms with Gasteiger partial charge in [-0.2, -0.15) is 0 Å². The van der Waals surface area contributed by atoms with E-state index in [4.69, 9.17) is 46.4 Å². The van der Waals surface area contributed by atoms with E-state index in [1.165, 1.54) is 5.56 Å². The van der Waals surface area contributed by atoms with Crippen LogP contribution in [0, 0.1) is 6.92 Å². The van der Waals surface area contributed by atoms with Gasteiger partial charge in [0.05, 0.1) is 20.1 Å². The molecule has 0 unspecified atom stereocenters. The van der Waals surface area contributed by atoms with E-state index in [-0.39, 0.29) is 0 Å². The molecule has 0 saturated carbocycles. The average Bonchev–Trinajstić information content (AvgIpc) is 2.39. The average molecular weight is 349 g/mol. The second-order valence-electron chi connectivity index (χ2n) is 4.52. The lowest BCUT2D eigenvalue weighted by atomic mass is 9.98. The van der Waals surface area contributed by atoms with Crippen LogP contribution in [-0.2, 0) is 6.54 Å². The molecule has 20 heavy (non-hydrogen) atoms. The Labute approximate surface area is 138 Å². The molecule has 0 aliphatic carbocycles. The maximum absolute atomic E-state index is 6.30. The fourth-order valence-electron chi connectivity index (χ4n) is 2.13. The predicted octanol–water partition coefficient (Wildman–Crippen LogP) is 6.00. The van der Waals surface area contributed by atoms with Gasteiger partial charge in [0.15, 0.2) is 0 Å². The molecular formula is C15H13Cl4N. The maximum Gasteiger partial charge on any atom is 0.0785 e. The van der Waals surface area contributed by atoms with Crippen molar-refractivity contribution in [1.82, 2.24) is 5.32 Å². The zero-order chi connectivity index (χ0) is 14.9. The summed E-state index contributed by atoms with van der Waals surface area (Å²) < 4.78 is 0. The van der Waals surface area contributed by atoms with Gasteiger partial charge in [-0.25, -0.2) is 0 Å². The Morgan fingerprint density at radius 1 is 0.950 bits per heavy atom. The molecule has 1 nitrogen and oxygen atoms in total. The monoisotopic (exact) mass is 347 g/mol. The molecule has 0 bridgehead atoms. The van der Waals surface area contributed by atoms with Crippen LogP contribution >= 0.6 is 46.4 Å². The molecule has 2 rings (SSSR count). The molecule has 0 radical (unpaired) electrons. The fourth-order valence-corrected chi connectivity index (χ4v) is 3.25. The Hall–Kier alpha value is -0.440. The van der Waals surface area contributed by atoms with Gasteiger partial charge in [-0.05, 0) is 36.7 Å². The van der Waals surface area contributed by atoms with E-state index in [1.54, 1.807) is 6.07 Å². The van der Waals surface area contributed by atoms with Gasteiger partial charge >= 0.3 is 0 Å². The Morgan fingerprint density at radius 3 is 2.25 bits per heavy atom. The van der Waals surface area contributed by atoms with E-state index in [2.05, 4.69) is 11.4 Å². The van der Waals surface area contributed by atoms with E-state index in [1.807, 2.05) is 26.1 Å². The van der Waals surface area contributed by atoms with Crippen LogP contribution in [0.2, 0.25) is 20.1 Å². The van der Waals surface area contributed by atoms with Gasteiger partial charge in [-0.3, -0.25) is 0 Å². The molecule has 0 fully saturated rings. The lowest BCUT2D eigenvalue weighted by Gasteiger charge is -2.14. The SMILES string of the molecule is CNCc1ccc(-c2c(Cl)cc(Cl)c(Cl)c2Cl)c(C)c1. The summed E-state index contributed by atoms with van der Waals surface area (Å²) in [5.41, 5.74) is 3.95. The van der Waals surface area contributed by atoms with E-state index >= 15 is 0 Å². The Bertz CT molecular complexity index is 653. The van der Waals surface area contributed by atoms with Gasteiger partial charge < -0.3 is 5.32 Å². The smallest absolute Gasteiger partial charge is 0.0785 e.